The van der Waals surface area contributed by atoms with Crippen LogP contribution in [0.25, 0.3) is 10.9 Å². The second-order valence-electron chi connectivity index (χ2n) is 6.88. The molecule has 23 heavy (non-hydrogen) atoms. The lowest BCUT2D eigenvalue weighted by Crippen LogP contribution is -2.44. The molecule has 120 valence electrons. The topological polar surface area (TPSA) is 53.4 Å². The second-order valence-corrected chi connectivity index (χ2v) is 6.88. The molecular weight excluding hydrogens is 288 g/mol. The van der Waals surface area contributed by atoms with Crippen LogP contribution in [-0.4, -0.2) is 34.0 Å². The van der Waals surface area contributed by atoms with Gasteiger partial charge in [-0.15, -0.1) is 0 Å². The first-order valence-electron chi connectivity index (χ1n) is 8.60. The summed E-state index contributed by atoms with van der Waals surface area (Å²) in [5, 5.41) is 11.3. The van der Waals surface area contributed by atoms with E-state index < -0.39 is 0 Å². The number of nitrogens with zero attached hydrogens (tertiary/aromatic N) is 2. The minimum absolute atomic E-state index is 0.0128. The summed E-state index contributed by atoms with van der Waals surface area (Å²) in [6, 6.07) is 7.32. The first-order chi connectivity index (χ1) is 11.2. The average molecular weight is 310 g/mol. The number of hydrogen-bond acceptors (Lipinski definition) is 3. The third-order valence-corrected chi connectivity index (χ3v) is 5.56. The van der Waals surface area contributed by atoms with Crippen LogP contribution in [0.5, 0.6) is 5.75 Å². The van der Waals surface area contributed by atoms with E-state index in [-0.39, 0.29) is 11.7 Å². The molecule has 2 unspecified atom stereocenters. The lowest BCUT2D eigenvalue weighted by atomic mass is 9.75. The highest BCUT2D eigenvalue weighted by molar-refractivity contribution is 6.02. The molecule has 2 heterocycles. The number of aromatic nitrogens is 1. The lowest BCUT2D eigenvalue weighted by Gasteiger charge is -2.41. The van der Waals surface area contributed by atoms with Crippen LogP contribution in [-0.2, 0) is 0 Å². The highest BCUT2D eigenvalue weighted by Crippen LogP contribution is 2.37. The number of phenols is 1. The number of piperidine rings is 1. The van der Waals surface area contributed by atoms with Crippen molar-refractivity contribution < 1.29 is 9.90 Å². The van der Waals surface area contributed by atoms with E-state index in [1.165, 1.54) is 25.7 Å². The Labute approximate surface area is 136 Å². The Hall–Kier alpha value is -2.10. The van der Waals surface area contributed by atoms with Crippen LogP contribution in [0.2, 0.25) is 0 Å². The van der Waals surface area contributed by atoms with Crippen molar-refractivity contribution in [2.45, 2.75) is 32.1 Å². The van der Waals surface area contributed by atoms with Gasteiger partial charge in [-0.25, -0.2) is 0 Å². The summed E-state index contributed by atoms with van der Waals surface area (Å²) >= 11 is 0. The summed E-state index contributed by atoms with van der Waals surface area (Å²) in [5.41, 5.74) is 0.886. The van der Waals surface area contributed by atoms with Crippen molar-refractivity contribution in [3.63, 3.8) is 0 Å². The van der Waals surface area contributed by atoms with Crippen LogP contribution in [0.3, 0.4) is 0 Å². The molecule has 2 aromatic rings. The Bertz CT molecular complexity index is 743. The maximum absolute atomic E-state index is 12.9. The fourth-order valence-electron chi connectivity index (χ4n) is 4.26. The van der Waals surface area contributed by atoms with Crippen molar-refractivity contribution in [2.75, 3.05) is 13.1 Å². The molecule has 4 heteroatoms. The highest BCUT2D eigenvalue weighted by atomic mass is 16.3. The van der Waals surface area contributed by atoms with Gasteiger partial charge in [-0.1, -0.05) is 31.4 Å². The number of phenolic OH excluding ortho intramolecular Hbond substituents is 1. The first-order valence-corrected chi connectivity index (χ1v) is 8.60. The number of benzene rings is 1. The van der Waals surface area contributed by atoms with E-state index in [1.54, 1.807) is 12.3 Å². The van der Waals surface area contributed by atoms with E-state index in [1.807, 2.05) is 23.1 Å². The zero-order valence-electron chi connectivity index (χ0n) is 13.2. The number of carbonyl (C=O) groups excluding carboxylic acids is 1. The Kier molecular flexibility index (Phi) is 3.68. The van der Waals surface area contributed by atoms with Crippen LogP contribution >= 0.6 is 0 Å². The average Bonchev–Trinajstić information content (AvgIpc) is 2.61. The van der Waals surface area contributed by atoms with Gasteiger partial charge in [0.15, 0.2) is 5.75 Å². The number of aromatic hydroxyl groups is 1. The summed E-state index contributed by atoms with van der Waals surface area (Å²) < 4.78 is 0. The van der Waals surface area contributed by atoms with Gasteiger partial charge in [-0.3, -0.25) is 9.78 Å². The Morgan fingerprint density at radius 3 is 2.83 bits per heavy atom. The smallest absolute Gasteiger partial charge is 0.257 e. The minimum atomic E-state index is -0.0564. The van der Waals surface area contributed by atoms with Crippen LogP contribution in [0, 0.1) is 11.8 Å². The largest absolute Gasteiger partial charge is 0.505 e. The Morgan fingerprint density at radius 2 is 1.96 bits per heavy atom. The fourth-order valence-corrected chi connectivity index (χ4v) is 4.26. The van der Waals surface area contributed by atoms with Gasteiger partial charge < -0.3 is 10.0 Å². The summed E-state index contributed by atoms with van der Waals surface area (Å²) in [7, 11) is 0. The van der Waals surface area contributed by atoms with Crippen molar-refractivity contribution in [1.29, 1.82) is 0 Å². The monoisotopic (exact) mass is 310 g/mol. The molecular formula is C19H22N2O2. The third-order valence-electron chi connectivity index (χ3n) is 5.56. The predicted octanol–water partition coefficient (Wildman–Crippen LogP) is 3.59. The van der Waals surface area contributed by atoms with E-state index in [9.17, 15) is 9.90 Å². The number of pyridine rings is 1. The van der Waals surface area contributed by atoms with Crippen molar-refractivity contribution in [2.24, 2.45) is 11.8 Å². The molecule has 1 aromatic carbocycles. The van der Waals surface area contributed by atoms with Gasteiger partial charge in [-0.05, 0) is 36.8 Å². The molecule has 2 aliphatic rings. The molecule has 1 aliphatic carbocycles. The molecule has 1 aliphatic heterocycles. The maximum Gasteiger partial charge on any atom is 0.257 e. The summed E-state index contributed by atoms with van der Waals surface area (Å²) in [5.74, 6) is 1.39. The standard InChI is InChI=1S/C19H22N2O2/c22-18-16(8-7-14-6-3-10-20-17(14)18)19(23)21-11-9-13-4-1-2-5-15(13)12-21/h3,6-8,10,13,15,22H,1-2,4-5,9,11-12H2. The van der Waals surface area contributed by atoms with Crippen LogP contribution in [0.4, 0.5) is 0 Å². The summed E-state index contributed by atoms with van der Waals surface area (Å²) in [4.78, 5) is 19.0. The van der Waals surface area contributed by atoms with Crippen molar-refractivity contribution >= 4 is 16.8 Å². The zero-order valence-corrected chi connectivity index (χ0v) is 13.2. The molecule has 1 saturated carbocycles. The number of amides is 1. The normalized spacial score (nSPS) is 24.4. The van der Waals surface area contributed by atoms with Gasteiger partial charge in [0.25, 0.3) is 5.91 Å². The van der Waals surface area contributed by atoms with Gasteiger partial charge >= 0.3 is 0 Å². The minimum Gasteiger partial charge on any atom is -0.505 e. The van der Waals surface area contributed by atoms with E-state index in [0.29, 0.717) is 17.0 Å². The van der Waals surface area contributed by atoms with Gasteiger partial charge in [-0.2, -0.15) is 0 Å². The fraction of sp³-hybridized carbons (Fsp3) is 0.474. The molecule has 0 spiro atoms. The SMILES string of the molecule is O=C(c1ccc2cccnc2c1O)N1CCC2CCCCC2C1. The molecule has 0 radical (unpaired) electrons. The number of fused-ring (bicyclic) bond motifs is 2. The zero-order chi connectivity index (χ0) is 15.8. The molecule has 0 bridgehead atoms. The molecule has 1 N–H and O–H groups in total. The van der Waals surface area contributed by atoms with Gasteiger partial charge in [0.2, 0.25) is 0 Å². The van der Waals surface area contributed by atoms with E-state index in [2.05, 4.69) is 4.98 Å². The van der Waals surface area contributed by atoms with Gasteiger partial charge in [0, 0.05) is 24.7 Å². The number of likely N-dealkylation sites (tertiary alicyclic amines) is 1. The predicted molar refractivity (Wildman–Crippen MR) is 89.4 cm³/mol. The Balaban J connectivity index is 1.60. The molecule has 1 saturated heterocycles. The van der Waals surface area contributed by atoms with Crippen LogP contribution < -0.4 is 0 Å². The number of rotatable bonds is 1. The summed E-state index contributed by atoms with van der Waals surface area (Å²) in [6.07, 6.45) is 7.92. The van der Waals surface area contributed by atoms with Crippen LogP contribution in [0.15, 0.2) is 30.5 Å². The van der Waals surface area contributed by atoms with Crippen LogP contribution in [0.1, 0.15) is 42.5 Å². The maximum atomic E-state index is 12.9. The molecule has 2 atom stereocenters. The number of hydrogen-bond donors (Lipinski definition) is 1. The Morgan fingerprint density at radius 1 is 1.13 bits per heavy atom. The lowest BCUT2D eigenvalue weighted by molar-refractivity contribution is 0.0518. The molecule has 1 amide bonds. The molecule has 4 rings (SSSR count). The molecule has 2 fully saturated rings. The third kappa shape index (κ3) is 2.56. The van der Waals surface area contributed by atoms with E-state index in [0.717, 1.165) is 30.8 Å². The van der Waals surface area contributed by atoms with Crippen molar-refractivity contribution in [3.05, 3.63) is 36.0 Å². The molecule has 1 aromatic heterocycles. The quantitative estimate of drug-likeness (QED) is 0.875. The van der Waals surface area contributed by atoms with Crippen molar-refractivity contribution in [1.82, 2.24) is 9.88 Å². The first kappa shape index (κ1) is 14.5. The second kappa shape index (κ2) is 5.84. The van der Waals surface area contributed by atoms with Gasteiger partial charge in [0.05, 0.1) is 5.56 Å². The molecule has 4 nitrogen and oxygen atoms in total. The van der Waals surface area contributed by atoms with E-state index in [4.69, 9.17) is 0 Å². The highest BCUT2D eigenvalue weighted by Gasteiger charge is 2.33. The van der Waals surface area contributed by atoms with Crippen molar-refractivity contribution in [3.8, 4) is 5.75 Å². The van der Waals surface area contributed by atoms with Gasteiger partial charge in [0.1, 0.15) is 5.52 Å². The van der Waals surface area contributed by atoms with E-state index >= 15 is 0 Å². The summed E-state index contributed by atoms with van der Waals surface area (Å²) in [6.45, 7) is 1.64. The number of carbonyl (C=O) groups is 1.